The van der Waals surface area contributed by atoms with Crippen molar-refractivity contribution < 1.29 is 4.79 Å². The summed E-state index contributed by atoms with van der Waals surface area (Å²) in [6, 6.07) is 17.8. The number of aromatic nitrogens is 5. The standard InChI is InChI=1S/C29H28N8O/c1-3-31-14-22-15-32-16-24(19(22)2)21-9-10-25-23(13-21)27(36-35-25)28-33-17-26(34-28)29(38)37(12-11-30)18-20-7-5-4-6-8-20/h4-10,13,15-17,31H,3,12,14,18H2,1-2H3,(H,33,34)(H,35,36). The molecule has 0 saturated heterocycles. The topological polar surface area (TPSA) is 126 Å². The summed E-state index contributed by atoms with van der Waals surface area (Å²) in [5.41, 5.74) is 7.13. The van der Waals surface area contributed by atoms with Crippen LogP contribution in [0.5, 0.6) is 0 Å². The molecule has 0 radical (unpaired) electrons. The molecule has 5 rings (SSSR count). The van der Waals surface area contributed by atoms with Gasteiger partial charge in [-0.25, -0.2) is 4.98 Å². The van der Waals surface area contributed by atoms with Gasteiger partial charge in [-0.15, -0.1) is 0 Å². The van der Waals surface area contributed by atoms with Gasteiger partial charge in [-0.3, -0.25) is 14.9 Å². The summed E-state index contributed by atoms with van der Waals surface area (Å²) in [5, 5.41) is 21.1. The maximum absolute atomic E-state index is 13.2. The van der Waals surface area contributed by atoms with Gasteiger partial charge in [0.15, 0.2) is 5.82 Å². The van der Waals surface area contributed by atoms with Crippen molar-refractivity contribution in [2.45, 2.75) is 26.9 Å². The molecule has 2 aromatic carbocycles. The van der Waals surface area contributed by atoms with Gasteiger partial charge in [0.25, 0.3) is 5.91 Å². The summed E-state index contributed by atoms with van der Waals surface area (Å²) in [4.78, 5) is 26.8. The van der Waals surface area contributed by atoms with E-state index in [2.05, 4.69) is 56.4 Å². The molecule has 0 aliphatic carbocycles. The Kier molecular flexibility index (Phi) is 7.24. The molecular weight excluding hydrogens is 476 g/mol. The van der Waals surface area contributed by atoms with Crippen molar-refractivity contribution in [2.24, 2.45) is 0 Å². The fourth-order valence-corrected chi connectivity index (χ4v) is 4.47. The van der Waals surface area contributed by atoms with Crippen LogP contribution in [0.2, 0.25) is 0 Å². The van der Waals surface area contributed by atoms with E-state index in [0.717, 1.165) is 46.2 Å². The Morgan fingerprint density at radius 3 is 2.76 bits per heavy atom. The highest BCUT2D eigenvalue weighted by Gasteiger charge is 2.21. The zero-order valence-electron chi connectivity index (χ0n) is 21.3. The fraction of sp³-hybridized carbons (Fsp3) is 0.207. The van der Waals surface area contributed by atoms with Gasteiger partial charge in [0.1, 0.15) is 17.9 Å². The van der Waals surface area contributed by atoms with Gasteiger partial charge in [0.05, 0.1) is 17.8 Å². The Labute approximate surface area is 220 Å². The minimum absolute atomic E-state index is 0.0308. The van der Waals surface area contributed by atoms with Gasteiger partial charge >= 0.3 is 0 Å². The second-order valence-electron chi connectivity index (χ2n) is 9.03. The molecule has 9 nitrogen and oxygen atoms in total. The third kappa shape index (κ3) is 5.03. The van der Waals surface area contributed by atoms with Crippen molar-refractivity contribution in [3.05, 3.63) is 89.5 Å². The molecule has 3 heterocycles. The summed E-state index contributed by atoms with van der Waals surface area (Å²) >= 11 is 0. The largest absolute Gasteiger partial charge is 0.333 e. The zero-order valence-corrected chi connectivity index (χ0v) is 21.3. The second kappa shape index (κ2) is 11.1. The lowest BCUT2D eigenvalue weighted by Gasteiger charge is -2.18. The van der Waals surface area contributed by atoms with Gasteiger partial charge in [0.2, 0.25) is 0 Å². The van der Waals surface area contributed by atoms with Gasteiger partial charge < -0.3 is 15.2 Å². The van der Waals surface area contributed by atoms with Crippen molar-refractivity contribution in [1.29, 1.82) is 5.26 Å². The van der Waals surface area contributed by atoms with E-state index in [9.17, 15) is 10.1 Å². The number of carbonyl (C=O) groups excluding carboxylic acids is 1. The number of carbonyl (C=O) groups is 1. The van der Waals surface area contributed by atoms with Crippen LogP contribution in [0, 0.1) is 18.3 Å². The predicted molar refractivity (Wildman–Crippen MR) is 146 cm³/mol. The first-order valence-corrected chi connectivity index (χ1v) is 12.5. The monoisotopic (exact) mass is 504 g/mol. The maximum Gasteiger partial charge on any atom is 0.273 e. The van der Waals surface area contributed by atoms with E-state index in [1.165, 1.54) is 16.7 Å². The highest BCUT2D eigenvalue weighted by molar-refractivity contribution is 5.96. The second-order valence-corrected chi connectivity index (χ2v) is 9.03. The summed E-state index contributed by atoms with van der Waals surface area (Å²) in [6.07, 6.45) is 5.28. The van der Waals surface area contributed by atoms with Crippen LogP contribution in [-0.4, -0.2) is 49.0 Å². The molecule has 190 valence electrons. The highest BCUT2D eigenvalue weighted by Crippen LogP contribution is 2.31. The number of benzene rings is 2. The Bertz CT molecular complexity index is 1610. The quantitative estimate of drug-likeness (QED) is 0.252. The summed E-state index contributed by atoms with van der Waals surface area (Å²) in [6.45, 7) is 6.14. The number of amides is 1. The normalized spacial score (nSPS) is 11.0. The van der Waals surface area contributed by atoms with Crippen LogP contribution in [0.25, 0.3) is 33.5 Å². The number of fused-ring (bicyclic) bond motifs is 1. The third-order valence-electron chi connectivity index (χ3n) is 6.55. The molecule has 0 aliphatic heterocycles. The van der Waals surface area contributed by atoms with Crippen LogP contribution in [0.4, 0.5) is 0 Å². The number of H-pyrrole nitrogens is 2. The lowest BCUT2D eigenvalue weighted by atomic mass is 9.98. The van der Waals surface area contributed by atoms with Crippen molar-refractivity contribution in [3.63, 3.8) is 0 Å². The van der Waals surface area contributed by atoms with E-state index in [1.807, 2.05) is 54.9 Å². The zero-order chi connectivity index (χ0) is 26.5. The van der Waals surface area contributed by atoms with Crippen LogP contribution in [0.15, 0.2) is 67.1 Å². The molecule has 0 aliphatic rings. The smallest absolute Gasteiger partial charge is 0.273 e. The number of nitrogens with zero attached hydrogens (tertiary/aromatic N) is 5. The van der Waals surface area contributed by atoms with E-state index in [4.69, 9.17) is 0 Å². The number of hydrogen-bond donors (Lipinski definition) is 3. The molecule has 0 atom stereocenters. The minimum Gasteiger partial charge on any atom is -0.333 e. The fourth-order valence-electron chi connectivity index (χ4n) is 4.47. The first-order valence-electron chi connectivity index (χ1n) is 12.5. The van der Waals surface area contributed by atoms with Gasteiger partial charge in [-0.1, -0.05) is 43.3 Å². The van der Waals surface area contributed by atoms with Crippen LogP contribution in [0.3, 0.4) is 0 Å². The predicted octanol–water partition coefficient (Wildman–Crippen LogP) is 4.60. The van der Waals surface area contributed by atoms with Crippen molar-refractivity contribution in [2.75, 3.05) is 13.1 Å². The number of rotatable bonds is 9. The molecule has 3 N–H and O–H groups in total. The number of pyridine rings is 1. The molecule has 1 amide bonds. The van der Waals surface area contributed by atoms with Crippen LogP contribution >= 0.6 is 0 Å². The van der Waals surface area contributed by atoms with Crippen molar-refractivity contribution >= 4 is 16.8 Å². The average molecular weight is 505 g/mol. The molecule has 0 unspecified atom stereocenters. The molecule has 3 aromatic heterocycles. The molecule has 0 fully saturated rings. The van der Waals surface area contributed by atoms with Crippen LogP contribution in [-0.2, 0) is 13.1 Å². The summed E-state index contributed by atoms with van der Waals surface area (Å²) in [5.74, 6) is 0.179. The lowest BCUT2D eigenvalue weighted by molar-refractivity contribution is 0.0759. The van der Waals surface area contributed by atoms with Gasteiger partial charge in [-0.05, 0) is 47.9 Å². The number of nitriles is 1. The average Bonchev–Trinajstić information content (AvgIpc) is 3.59. The maximum atomic E-state index is 13.2. The SMILES string of the molecule is CCNCc1cncc(-c2ccc3[nH]nc(-c4ncc(C(=O)N(CC#N)Cc5ccccc5)[nH]4)c3c2)c1C. The van der Waals surface area contributed by atoms with E-state index in [1.54, 1.807) is 0 Å². The Hall–Kier alpha value is -4.81. The Morgan fingerprint density at radius 2 is 1.97 bits per heavy atom. The molecule has 0 spiro atoms. The number of hydrogen-bond acceptors (Lipinski definition) is 6. The van der Waals surface area contributed by atoms with Crippen molar-refractivity contribution in [1.82, 2.24) is 35.4 Å². The van der Waals surface area contributed by atoms with Gasteiger partial charge in [-0.2, -0.15) is 10.4 Å². The van der Waals surface area contributed by atoms with E-state index in [-0.39, 0.29) is 12.5 Å². The summed E-state index contributed by atoms with van der Waals surface area (Å²) < 4.78 is 0. The molecule has 5 aromatic rings. The Morgan fingerprint density at radius 1 is 1.13 bits per heavy atom. The molecule has 0 saturated carbocycles. The molecule has 9 heteroatoms. The van der Waals surface area contributed by atoms with Crippen LogP contribution < -0.4 is 5.32 Å². The lowest BCUT2D eigenvalue weighted by Crippen LogP contribution is -2.31. The van der Waals surface area contributed by atoms with Crippen LogP contribution in [0.1, 0.15) is 34.1 Å². The van der Waals surface area contributed by atoms with Crippen molar-refractivity contribution in [3.8, 4) is 28.7 Å². The minimum atomic E-state index is -0.297. The first-order chi connectivity index (χ1) is 18.6. The molecule has 38 heavy (non-hydrogen) atoms. The molecule has 0 bridgehead atoms. The van der Waals surface area contributed by atoms with Gasteiger partial charge in [0, 0.05) is 36.4 Å². The summed E-state index contributed by atoms with van der Waals surface area (Å²) in [7, 11) is 0. The molecular formula is C29H28N8O. The van der Waals surface area contributed by atoms with E-state index >= 15 is 0 Å². The number of aromatic amines is 2. The van der Waals surface area contributed by atoms with E-state index in [0.29, 0.717) is 23.8 Å². The van der Waals surface area contributed by atoms with E-state index < -0.39 is 0 Å². The number of nitrogens with one attached hydrogen (secondary N) is 3. The number of imidazole rings is 1. The third-order valence-corrected chi connectivity index (χ3v) is 6.55. The Balaban J connectivity index is 1.45. The first kappa shape index (κ1) is 24.9. The highest BCUT2D eigenvalue weighted by atomic mass is 16.2.